The molecule has 0 amide bonds. The molecule has 0 spiro atoms. The predicted molar refractivity (Wildman–Crippen MR) is 115 cm³/mol. The van der Waals surface area contributed by atoms with Gasteiger partial charge in [0.1, 0.15) is 9.84 Å². The average molecular weight is 397 g/mol. The van der Waals surface area contributed by atoms with E-state index < -0.39 is 9.84 Å². The first-order chi connectivity index (χ1) is 12.8. The molecule has 0 aliphatic rings. The van der Waals surface area contributed by atoms with Gasteiger partial charge >= 0.3 is 0 Å². The van der Waals surface area contributed by atoms with Gasteiger partial charge in [-0.05, 0) is 44.5 Å². The van der Waals surface area contributed by atoms with Crippen LogP contribution in [0.15, 0.2) is 29.3 Å². The standard InChI is InChI=1S/C20H36N4O2S/c1-6-21-20(23-17(4)13-14-27(5,25)26)22-15-18-9-11-19(12-10-18)16-24(7-2)8-3/h9-12,17H,6-8,13-16H2,1-5H3,(H2,21,22,23). The van der Waals surface area contributed by atoms with Gasteiger partial charge in [-0.15, -0.1) is 0 Å². The Balaban J connectivity index is 2.63. The third-order valence-corrected chi connectivity index (χ3v) is 5.37. The maximum absolute atomic E-state index is 11.3. The maximum atomic E-state index is 11.3. The first kappa shape index (κ1) is 23.4. The highest BCUT2D eigenvalue weighted by atomic mass is 32.2. The predicted octanol–water partition coefficient (Wildman–Crippen LogP) is 2.41. The molecule has 0 radical (unpaired) electrons. The fourth-order valence-corrected chi connectivity index (χ4v) is 3.42. The molecule has 1 atom stereocenters. The Labute approximate surface area is 165 Å². The second-order valence-electron chi connectivity index (χ2n) is 6.94. The van der Waals surface area contributed by atoms with Gasteiger partial charge in [0.25, 0.3) is 0 Å². The highest BCUT2D eigenvalue weighted by Gasteiger charge is 2.09. The van der Waals surface area contributed by atoms with Crippen molar-refractivity contribution in [1.82, 2.24) is 15.5 Å². The number of guanidine groups is 1. The zero-order chi connectivity index (χ0) is 20.3. The lowest BCUT2D eigenvalue weighted by atomic mass is 10.1. The van der Waals surface area contributed by atoms with Crippen molar-refractivity contribution in [1.29, 1.82) is 0 Å². The summed E-state index contributed by atoms with van der Waals surface area (Å²) in [5, 5.41) is 6.50. The van der Waals surface area contributed by atoms with Crippen LogP contribution in [0.4, 0.5) is 0 Å². The number of sulfone groups is 1. The number of rotatable bonds is 11. The summed E-state index contributed by atoms with van der Waals surface area (Å²) in [5.74, 6) is 0.889. The van der Waals surface area contributed by atoms with Gasteiger partial charge in [0.05, 0.1) is 12.3 Å². The van der Waals surface area contributed by atoms with Crippen LogP contribution in [0.3, 0.4) is 0 Å². The van der Waals surface area contributed by atoms with Crippen LogP contribution in [0, 0.1) is 0 Å². The molecule has 0 fully saturated rings. The zero-order valence-electron chi connectivity index (χ0n) is 17.5. The summed E-state index contributed by atoms with van der Waals surface area (Å²) in [6.45, 7) is 12.8. The molecule has 0 bridgehead atoms. The SMILES string of the molecule is CCNC(=NCc1ccc(CN(CC)CC)cc1)NC(C)CCS(C)(=O)=O. The van der Waals surface area contributed by atoms with Crippen molar-refractivity contribution in [2.75, 3.05) is 31.6 Å². The summed E-state index contributed by atoms with van der Waals surface area (Å²) in [6.07, 6.45) is 1.83. The molecule has 0 aliphatic carbocycles. The molecule has 0 aromatic heterocycles. The van der Waals surface area contributed by atoms with E-state index in [9.17, 15) is 8.42 Å². The van der Waals surface area contributed by atoms with Gasteiger partial charge in [-0.2, -0.15) is 0 Å². The molecular formula is C20H36N4O2S. The van der Waals surface area contributed by atoms with Crippen molar-refractivity contribution in [2.24, 2.45) is 4.99 Å². The van der Waals surface area contributed by atoms with Gasteiger partial charge in [-0.1, -0.05) is 38.1 Å². The lowest BCUT2D eigenvalue weighted by Crippen LogP contribution is -2.42. The van der Waals surface area contributed by atoms with E-state index in [2.05, 4.69) is 58.6 Å². The summed E-state index contributed by atoms with van der Waals surface area (Å²) in [7, 11) is -2.94. The summed E-state index contributed by atoms with van der Waals surface area (Å²) in [6, 6.07) is 8.61. The smallest absolute Gasteiger partial charge is 0.191 e. The zero-order valence-corrected chi connectivity index (χ0v) is 18.3. The van der Waals surface area contributed by atoms with Gasteiger partial charge in [0.2, 0.25) is 0 Å². The van der Waals surface area contributed by atoms with Crippen LogP contribution < -0.4 is 10.6 Å². The van der Waals surface area contributed by atoms with Gasteiger partial charge in [0.15, 0.2) is 5.96 Å². The molecule has 1 rings (SSSR count). The van der Waals surface area contributed by atoms with Crippen LogP contribution in [0.1, 0.15) is 45.2 Å². The summed E-state index contributed by atoms with van der Waals surface area (Å²) >= 11 is 0. The quantitative estimate of drug-likeness (QED) is 0.444. The van der Waals surface area contributed by atoms with E-state index in [1.165, 1.54) is 11.8 Å². The van der Waals surface area contributed by atoms with Crippen LogP contribution in [0.2, 0.25) is 0 Å². The summed E-state index contributed by atoms with van der Waals surface area (Å²) in [5.41, 5.74) is 2.46. The van der Waals surface area contributed by atoms with E-state index in [-0.39, 0.29) is 11.8 Å². The normalized spacial score (nSPS) is 13.6. The summed E-state index contributed by atoms with van der Waals surface area (Å²) in [4.78, 5) is 7.01. The second-order valence-corrected chi connectivity index (χ2v) is 9.20. The van der Waals surface area contributed by atoms with Crippen molar-refractivity contribution >= 4 is 15.8 Å². The minimum Gasteiger partial charge on any atom is -0.357 e. The van der Waals surface area contributed by atoms with Gasteiger partial charge in [-0.3, -0.25) is 4.90 Å². The van der Waals surface area contributed by atoms with Crippen molar-refractivity contribution in [3.05, 3.63) is 35.4 Å². The van der Waals surface area contributed by atoms with E-state index in [4.69, 9.17) is 0 Å². The number of benzene rings is 1. The molecule has 2 N–H and O–H groups in total. The van der Waals surface area contributed by atoms with E-state index >= 15 is 0 Å². The third-order valence-electron chi connectivity index (χ3n) is 4.39. The fourth-order valence-electron chi connectivity index (χ4n) is 2.64. The minimum absolute atomic E-state index is 0.0361. The van der Waals surface area contributed by atoms with Crippen molar-refractivity contribution < 1.29 is 8.42 Å². The molecule has 27 heavy (non-hydrogen) atoms. The molecule has 1 aromatic carbocycles. The molecule has 0 saturated carbocycles. The molecule has 154 valence electrons. The number of hydrogen-bond donors (Lipinski definition) is 2. The number of nitrogens with one attached hydrogen (secondary N) is 2. The lowest BCUT2D eigenvalue weighted by molar-refractivity contribution is 0.296. The Bertz CT molecular complexity index is 668. The number of hydrogen-bond acceptors (Lipinski definition) is 4. The molecule has 1 aromatic rings. The highest BCUT2D eigenvalue weighted by molar-refractivity contribution is 7.90. The number of aliphatic imine (C=N–C) groups is 1. The molecule has 6 nitrogen and oxygen atoms in total. The van der Waals surface area contributed by atoms with Gasteiger partial charge in [-0.25, -0.2) is 13.4 Å². The molecule has 7 heteroatoms. The first-order valence-electron chi connectivity index (χ1n) is 9.80. The van der Waals surface area contributed by atoms with Crippen LogP contribution in [0.5, 0.6) is 0 Å². The van der Waals surface area contributed by atoms with Crippen LogP contribution in [-0.2, 0) is 22.9 Å². The second kappa shape index (κ2) is 12.0. The Morgan fingerprint density at radius 2 is 1.70 bits per heavy atom. The fraction of sp³-hybridized carbons (Fsp3) is 0.650. The average Bonchev–Trinajstić information content (AvgIpc) is 2.63. The first-order valence-corrected chi connectivity index (χ1v) is 11.9. The molecule has 0 aliphatic heterocycles. The van der Waals surface area contributed by atoms with Crippen molar-refractivity contribution in [2.45, 2.75) is 53.2 Å². The Hall–Kier alpha value is -1.60. The van der Waals surface area contributed by atoms with Crippen LogP contribution in [0.25, 0.3) is 0 Å². The van der Waals surface area contributed by atoms with Crippen LogP contribution >= 0.6 is 0 Å². The Kier molecular flexibility index (Phi) is 10.4. The van der Waals surface area contributed by atoms with E-state index in [0.717, 1.165) is 31.7 Å². The van der Waals surface area contributed by atoms with Crippen LogP contribution in [-0.4, -0.2) is 57.0 Å². The van der Waals surface area contributed by atoms with E-state index in [0.29, 0.717) is 18.9 Å². The van der Waals surface area contributed by atoms with Gasteiger partial charge < -0.3 is 10.6 Å². The largest absolute Gasteiger partial charge is 0.357 e. The van der Waals surface area contributed by atoms with Crippen molar-refractivity contribution in [3.8, 4) is 0 Å². The molecule has 0 saturated heterocycles. The molecule has 1 unspecified atom stereocenters. The Morgan fingerprint density at radius 1 is 1.11 bits per heavy atom. The molecular weight excluding hydrogens is 360 g/mol. The number of nitrogens with zero attached hydrogens (tertiary/aromatic N) is 2. The highest BCUT2D eigenvalue weighted by Crippen LogP contribution is 2.08. The van der Waals surface area contributed by atoms with E-state index in [1.807, 2.05) is 13.8 Å². The Morgan fingerprint density at radius 3 is 2.22 bits per heavy atom. The van der Waals surface area contributed by atoms with E-state index in [1.54, 1.807) is 0 Å². The third kappa shape index (κ3) is 10.3. The minimum atomic E-state index is -2.94. The monoisotopic (exact) mass is 396 g/mol. The molecule has 0 heterocycles. The maximum Gasteiger partial charge on any atom is 0.191 e. The van der Waals surface area contributed by atoms with Gasteiger partial charge in [0, 0.05) is 25.4 Å². The topological polar surface area (TPSA) is 73.8 Å². The van der Waals surface area contributed by atoms with Crippen molar-refractivity contribution in [3.63, 3.8) is 0 Å². The summed E-state index contributed by atoms with van der Waals surface area (Å²) < 4.78 is 22.6. The lowest BCUT2D eigenvalue weighted by Gasteiger charge is -2.18.